The lowest BCUT2D eigenvalue weighted by molar-refractivity contribution is -0.384. The Bertz CT molecular complexity index is 3010. The van der Waals surface area contributed by atoms with Crippen molar-refractivity contribution in [1.29, 1.82) is 0 Å². The molecule has 1 spiro atoms. The van der Waals surface area contributed by atoms with Crippen molar-refractivity contribution < 1.29 is 32.3 Å². The van der Waals surface area contributed by atoms with Crippen molar-refractivity contribution in [2.45, 2.75) is 119 Å². The first-order valence-electron chi connectivity index (χ1n) is 25.8. The molecule has 6 heterocycles. The summed E-state index contributed by atoms with van der Waals surface area (Å²) in [5, 5.41) is 16.5. The number of rotatable bonds is 13. The highest BCUT2D eigenvalue weighted by molar-refractivity contribution is 7.90. The predicted octanol–water partition coefficient (Wildman–Crippen LogP) is 9.90. The van der Waals surface area contributed by atoms with Gasteiger partial charge in [0.05, 0.1) is 39.3 Å². The Balaban J connectivity index is 0.859. The summed E-state index contributed by atoms with van der Waals surface area (Å²) in [4.78, 5) is 41.4. The van der Waals surface area contributed by atoms with Crippen LogP contribution in [0.15, 0.2) is 90.5 Å². The smallest absolute Gasteiger partial charge is 0.293 e. The van der Waals surface area contributed by atoms with E-state index >= 15 is 0 Å². The Labute approximate surface area is 421 Å². The molecule has 0 radical (unpaired) electrons. The van der Waals surface area contributed by atoms with E-state index in [1.165, 1.54) is 48.9 Å². The summed E-state index contributed by atoms with van der Waals surface area (Å²) >= 11 is 0. The molecular weight excluding hydrogens is 933 g/mol. The minimum Gasteiger partial charge on any atom is -0.468 e. The van der Waals surface area contributed by atoms with Crippen LogP contribution in [0.2, 0.25) is 0 Å². The summed E-state index contributed by atoms with van der Waals surface area (Å²) in [5.74, 6) is -0.206. The number of carbonyl (C=O) groups excluding carboxylic acids is 1. The van der Waals surface area contributed by atoms with E-state index in [0.29, 0.717) is 61.2 Å². The zero-order valence-corrected chi connectivity index (χ0v) is 42.3. The van der Waals surface area contributed by atoms with E-state index in [2.05, 4.69) is 74.4 Å². The summed E-state index contributed by atoms with van der Waals surface area (Å²) in [6.07, 6.45) is 12.4. The van der Waals surface area contributed by atoms with E-state index < -0.39 is 37.5 Å². The molecule has 4 aliphatic heterocycles. The molecule has 2 aliphatic carbocycles. The Kier molecular flexibility index (Phi) is 12.8. The second-order valence-corrected chi connectivity index (χ2v) is 23.2. The van der Waals surface area contributed by atoms with E-state index in [1.54, 1.807) is 13.2 Å². The summed E-state index contributed by atoms with van der Waals surface area (Å²) in [5.41, 5.74) is 6.58. The minimum atomic E-state index is -4.60. The maximum atomic E-state index is 14.7. The number of benzene rings is 3. The van der Waals surface area contributed by atoms with Gasteiger partial charge in [0.1, 0.15) is 23.1 Å². The number of H-pyrrole nitrogens is 1. The van der Waals surface area contributed by atoms with Gasteiger partial charge in [-0.05, 0) is 156 Å². The van der Waals surface area contributed by atoms with Crippen LogP contribution in [0.5, 0.6) is 5.88 Å². The van der Waals surface area contributed by atoms with Crippen molar-refractivity contribution in [3.8, 4) is 5.88 Å². The van der Waals surface area contributed by atoms with E-state index in [1.807, 2.05) is 30.5 Å². The Hall–Kier alpha value is -6.01. The second kappa shape index (κ2) is 19.1. The van der Waals surface area contributed by atoms with Gasteiger partial charge in [0.15, 0.2) is 0 Å². The number of nitro groups is 1. The number of carbonyl (C=O) groups is 1. The number of hydrogen-bond acceptors (Lipinski definition) is 13. The van der Waals surface area contributed by atoms with Gasteiger partial charge in [0.25, 0.3) is 21.6 Å². The number of likely N-dealkylation sites (tertiary alicyclic amines) is 1. The minimum absolute atomic E-state index is 0.128. The highest BCUT2D eigenvalue weighted by Gasteiger charge is 2.50. The van der Waals surface area contributed by atoms with Crippen molar-refractivity contribution in [1.82, 2.24) is 19.6 Å². The number of methoxy groups -OCH3 is 1. The number of allylic oxidation sites excluding steroid dienone is 1. The average molecular weight is 999 g/mol. The summed E-state index contributed by atoms with van der Waals surface area (Å²) in [7, 11) is -2.88. The number of sulfonamides is 1. The van der Waals surface area contributed by atoms with Crippen LogP contribution >= 0.6 is 0 Å². The third-order valence-electron chi connectivity index (χ3n) is 17.1. The van der Waals surface area contributed by atoms with Gasteiger partial charge >= 0.3 is 0 Å². The van der Waals surface area contributed by atoms with Gasteiger partial charge in [-0.3, -0.25) is 19.8 Å². The fraction of sp³-hybridized carbons (Fsp3) is 0.491. The molecule has 5 fully saturated rings. The number of anilines is 4. The maximum absolute atomic E-state index is 14.7. The number of ether oxygens (including phenoxy) is 3. The third kappa shape index (κ3) is 9.10. The lowest BCUT2D eigenvalue weighted by atomic mass is 9.59. The quantitative estimate of drug-likeness (QED) is 0.0749. The highest BCUT2D eigenvalue weighted by atomic mass is 32.2. The van der Waals surface area contributed by atoms with E-state index in [-0.39, 0.29) is 34.2 Å². The largest absolute Gasteiger partial charge is 0.468 e. The number of aromatic nitrogens is 2. The van der Waals surface area contributed by atoms with Crippen LogP contribution in [0.3, 0.4) is 0 Å². The fourth-order valence-corrected chi connectivity index (χ4v) is 13.8. The molecule has 16 nitrogen and oxygen atoms in total. The number of aromatic amines is 1. The van der Waals surface area contributed by atoms with Gasteiger partial charge in [0, 0.05) is 68.8 Å². The first-order chi connectivity index (χ1) is 34.7. The van der Waals surface area contributed by atoms with Crippen molar-refractivity contribution in [2.75, 3.05) is 61.6 Å². The van der Waals surface area contributed by atoms with Crippen molar-refractivity contribution in [2.24, 2.45) is 11.3 Å². The molecule has 2 saturated carbocycles. The number of nitrogens with zero attached hydrogens (tertiary/aromatic N) is 5. The van der Waals surface area contributed by atoms with Gasteiger partial charge in [-0.1, -0.05) is 36.4 Å². The van der Waals surface area contributed by atoms with Gasteiger partial charge in [-0.25, -0.2) is 13.1 Å². The first kappa shape index (κ1) is 48.3. The highest BCUT2D eigenvalue weighted by Crippen LogP contribution is 2.55. The number of fused-ring (bicyclic) bond motifs is 3. The Morgan fingerprint density at radius 2 is 1.76 bits per heavy atom. The maximum Gasteiger partial charge on any atom is 0.293 e. The van der Waals surface area contributed by atoms with Crippen LogP contribution < -0.4 is 24.6 Å². The molecule has 3 atom stereocenters. The predicted molar refractivity (Wildman–Crippen MR) is 279 cm³/mol. The summed E-state index contributed by atoms with van der Waals surface area (Å²) in [6, 6.07) is 22.7. The summed E-state index contributed by atoms with van der Waals surface area (Å²) in [6.45, 7) is 12.6. The zero-order valence-electron chi connectivity index (χ0n) is 41.5. The number of hydrogen-bond donors (Lipinski definition) is 3. The lowest BCUT2D eigenvalue weighted by Crippen LogP contribution is -2.55. The third-order valence-corrected chi connectivity index (χ3v) is 18.4. The molecule has 3 saturated heterocycles. The van der Waals surface area contributed by atoms with E-state index in [9.17, 15) is 23.3 Å². The molecule has 0 bridgehead atoms. The van der Waals surface area contributed by atoms with Crippen LogP contribution in [0, 0.1) is 21.4 Å². The van der Waals surface area contributed by atoms with Crippen LogP contribution in [-0.2, 0) is 19.5 Å². The molecule has 2 aromatic heterocycles. The number of amides is 1. The standard InChI is InChI=1S/C55H66N8O8S/c1-35(2)41-8-5-6-9-42(41)45-10-7-24-61(45)39-31-55(32-39)21-25-60(26-22-55)38-11-13-43(47(29-38)62-46-18-27-70-34-50(46)71-53-49(62)28-37-17-23-56-51(37)58-53)52(64)59-72(67,68)40-12-14-44(48(30-40)63(65)66)57-33-36-15-19-54(3,69-4)20-16-36/h5-6,8-9,11-14,17,23,28-30,36,39,45-46,50,57H,1,7,10,15-16,18-22,24-27,31-34H2,2-4H3,(H,56,58)(H,59,64)/t36?,45-,46-,50-,54?/m0/s1. The normalized spacial score (nSPS) is 25.3. The number of nitro benzene ring substituents is 1. The molecule has 3 aromatic carbocycles. The van der Waals surface area contributed by atoms with Crippen LogP contribution in [-0.4, -0.2) is 104 Å². The van der Waals surface area contributed by atoms with Crippen LogP contribution in [0.25, 0.3) is 16.6 Å². The van der Waals surface area contributed by atoms with E-state index in [0.717, 1.165) is 80.9 Å². The van der Waals surface area contributed by atoms with Gasteiger partial charge in [-0.2, -0.15) is 4.98 Å². The topological polar surface area (TPSA) is 184 Å². The molecule has 17 heteroatoms. The van der Waals surface area contributed by atoms with Gasteiger partial charge in [0.2, 0.25) is 5.88 Å². The molecule has 3 N–H and O–H groups in total. The van der Waals surface area contributed by atoms with Crippen molar-refractivity contribution in [3.05, 3.63) is 112 Å². The number of nitrogens with one attached hydrogen (secondary N) is 3. The van der Waals surface area contributed by atoms with Gasteiger partial charge in [-0.15, -0.1) is 0 Å². The molecule has 6 aliphatic rings. The molecular formula is C55H66N8O8S. The Morgan fingerprint density at radius 3 is 2.53 bits per heavy atom. The molecule has 72 heavy (non-hydrogen) atoms. The lowest BCUT2D eigenvalue weighted by Gasteiger charge is -2.56. The molecule has 1 amide bonds. The van der Waals surface area contributed by atoms with Crippen molar-refractivity contribution in [3.63, 3.8) is 0 Å². The number of piperidine rings is 1. The SMILES string of the molecule is C=C(C)c1ccccc1[C@@H]1CCCN1C1CC2(CCN(c3ccc(C(=O)NS(=O)(=O)c4ccc(NCC5CCC(C)(OC)CC5)c([N+](=O)[O-])c4)c(N4c5cc6cc[nH]c6nc5O[C@H]5COCC[C@@H]54)c3)CC2)C1. The van der Waals surface area contributed by atoms with Crippen LogP contribution in [0.1, 0.15) is 112 Å². The average Bonchev–Trinajstić information content (AvgIpc) is 4.06. The molecule has 380 valence electrons. The molecule has 11 rings (SSSR count). The molecule has 0 unspecified atom stereocenters. The second-order valence-electron chi connectivity index (χ2n) is 21.5. The van der Waals surface area contributed by atoms with E-state index in [4.69, 9.17) is 19.2 Å². The van der Waals surface area contributed by atoms with Crippen molar-refractivity contribution >= 4 is 61.0 Å². The Morgan fingerprint density at radius 1 is 0.972 bits per heavy atom. The monoisotopic (exact) mass is 998 g/mol. The summed E-state index contributed by atoms with van der Waals surface area (Å²) < 4.78 is 48.8. The first-order valence-corrected chi connectivity index (χ1v) is 27.2. The molecule has 5 aromatic rings. The number of pyridine rings is 1. The van der Waals surface area contributed by atoms with Crippen LogP contribution in [0.4, 0.5) is 28.4 Å². The fourth-order valence-electron chi connectivity index (χ4n) is 12.8. The van der Waals surface area contributed by atoms with Gasteiger partial charge < -0.3 is 34.3 Å². The zero-order chi connectivity index (χ0) is 49.9.